The molecule has 4 aromatic rings. The number of fused-ring (bicyclic) bond motifs is 3. The third kappa shape index (κ3) is 1.54. The maximum absolute atomic E-state index is 5.89. The summed E-state index contributed by atoms with van der Waals surface area (Å²) in [5.41, 5.74) is 3.91. The van der Waals surface area contributed by atoms with Crippen LogP contribution in [-0.4, -0.2) is 4.98 Å². The summed E-state index contributed by atoms with van der Waals surface area (Å²) in [7, 11) is 0. The summed E-state index contributed by atoms with van der Waals surface area (Å²) >= 11 is 0. The van der Waals surface area contributed by atoms with Gasteiger partial charge >= 0.3 is 0 Å². The minimum atomic E-state index is 0.907. The molecule has 2 nitrogen and oxygen atoms in total. The van der Waals surface area contributed by atoms with E-state index in [1.807, 2.05) is 54.7 Å². The average molecular weight is 245 g/mol. The van der Waals surface area contributed by atoms with Crippen LogP contribution in [0.2, 0.25) is 0 Å². The van der Waals surface area contributed by atoms with Crippen LogP contribution in [0.5, 0.6) is 0 Å². The van der Waals surface area contributed by atoms with Crippen LogP contribution >= 0.6 is 0 Å². The maximum atomic E-state index is 5.89. The number of rotatable bonds is 1. The number of pyridine rings is 1. The minimum absolute atomic E-state index is 0.907. The van der Waals surface area contributed by atoms with Crippen molar-refractivity contribution in [3.63, 3.8) is 0 Å². The summed E-state index contributed by atoms with van der Waals surface area (Å²) in [6, 6.07) is 20.2. The molecule has 2 aromatic carbocycles. The molecule has 4 rings (SSSR count). The van der Waals surface area contributed by atoms with Crippen LogP contribution in [0.4, 0.5) is 0 Å². The third-order valence-corrected chi connectivity index (χ3v) is 3.34. The van der Waals surface area contributed by atoms with E-state index in [-0.39, 0.29) is 0 Å². The first-order chi connectivity index (χ1) is 9.43. The van der Waals surface area contributed by atoms with Gasteiger partial charge in [0.05, 0.1) is 5.69 Å². The molecular formula is C17H11NO. The SMILES string of the molecule is c1ccc(-c2cccc3oc4ccccc4c23)nc1. The summed E-state index contributed by atoms with van der Waals surface area (Å²) in [5.74, 6) is 0. The zero-order valence-electron chi connectivity index (χ0n) is 10.2. The Morgan fingerprint density at radius 1 is 0.737 bits per heavy atom. The molecule has 0 N–H and O–H groups in total. The molecule has 2 heterocycles. The normalized spacial score (nSPS) is 11.2. The molecule has 0 atom stereocenters. The molecule has 0 aliphatic heterocycles. The lowest BCUT2D eigenvalue weighted by molar-refractivity contribution is 0.669. The summed E-state index contributed by atoms with van der Waals surface area (Å²) in [6.07, 6.45) is 1.82. The van der Waals surface area contributed by atoms with E-state index in [1.165, 1.54) is 0 Å². The number of benzene rings is 2. The van der Waals surface area contributed by atoms with Gasteiger partial charge in [-0.2, -0.15) is 0 Å². The molecule has 0 spiro atoms. The van der Waals surface area contributed by atoms with Crippen LogP contribution in [-0.2, 0) is 0 Å². The molecule has 0 saturated heterocycles. The molecule has 0 bridgehead atoms. The highest BCUT2D eigenvalue weighted by atomic mass is 16.3. The molecule has 0 amide bonds. The zero-order valence-corrected chi connectivity index (χ0v) is 10.2. The second kappa shape index (κ2) is 3.95. The van der Waals surface area contributed by atoms with Crippen molar-refractivity contribution >= 4 is 21.9 Å². The number of hydrogen-bond acceptors (Lipinski definition) is 2. The molecule has 19 heavy (non-hydrogen) atoms. The monoisotopic (exact) mass is 245 g/mol. The lowest BCUT2D eigenvalue weighted by Gasteiger charge is -2.01. The lowest BCUT2D eigenvalue weighted by Crippen LogP contribution is -1.82. The predicted molar refractivity (Wildman–Crippen MR) is 77.0 cm³/mol. The van der Waals surface area contributed by atoms with Gasteiger partial charge in [0.2, 0.25) is 0 Å². The van der Waals surface area contributed by atoms with E-state index >= 15 is 0 Å². The van der Waals surface area contributed by atoms with Crippen LogP contribution in [0.15, 0.2) is 71.3 Å². The molecule has 2 heteroatoms. The smallest absolute Gasteiger partial charge is 0.136 e. The molecule has 0 aliphatic carbocycles. The second-order valence-electron chi connectivity index (χ2n) is 4.49. The van der Waals surface area contributed by atoms with Crippen LogP contribution in [0.25, 0.3) is 33.2 Å². The summed E-state index contributed by atoms with van der Waals surface area (Å²) < 4.78 is 5.89. The summed E-state index contributed by atoms with van der Waals surface area (Å²) in [6.45, 7) is 0. The Balaban J connectivity index is 2.17. The van der Waals surface area contributed by atoms with E-state index in [0.29, 0.717) is 0 Å². The van der Waals surface area contributed by atoms with Crippen molar-refractivity contribution in [2.45, 2.75) is 0 Å². The molecule has 0 saturated carbocycles. The largest absolute Gasteiger partial charge is 0.456 e. The van der Waals surface area contributed by atoms with Gasteiger partial charge in [-0.05, 0) is 24.3 Å². The molecule has 0 unspecified atom stereocenters. The van der Waals surface area contributed by atoms with E-state index in [9.17, 15) is 0 Å². The Morgan fingerprint density at radius 3 is 2.47 bits per heavy atom. The van der Waals surface area contributed by atoms with E-state index in [4.69, 9.17) is 4.42 Å². The fourth-order valence-corrected chi connectivity index (χ4v) is 2.51. The van der Waals surface area contributed by atoms with Gasteiger partial charge in [-0.25, -0.2) is 0 Å². The minimum Gasteiger partial charge on any atom is -0.456 e. The molecule has 0 radical (unpaired) electrons. The fourth-order valence-electron chi connectivity index (χ4n) is 2.51. The number of para-hydroxylation sites is 1. The quantitative estimate of drug-likeness (QED) is 0.488. The van der Waals surface area contributed by atoms with Crippen molar-refractivity contribution in [1.29, 1.82) is 0 Å². The number of furan rings is 1. The van der Waals surface area contributed by atoms with Crippen molar-refractivity contribution in [2.75, 3.05) is 0 Å². The van der Waals surface area contributed by atoms with Gasteiger partial charge in [0.1, 0.15) is 11.2 Å². The van der Waals surface area contributed by atoms with Gasteiger partial charge in [-0.3, -0.25) is 4.98 Å². The van der Waals surface area contributed by atoms with Crippen molar-refractivity contribution in [1.82, 2.24) is 4.98 Å². The van der Waals surface area contributed by atoms with Crippen LogP contribution in [0.1, 0.15) is 0 Å². The Labute approximate surface area is 110 Å². The Bertz CT molecular complexity index is 862. The standard InChI is InChI=1S/C17H11NO/c1-2-9-15-13(6-1)17-12(7-5-10-16(17)19-15)14-8-3-4-11-18-14/h1-11H. The van der Waals surface area contributed by atoms with E-state index in [1.54, 1.807) is 0 Å². The maximum Gasteiger partial charge on any atom is 0.136 e. The van der Waals surface area contributed by atoms with E-state index in [2.05, 4.69) is 17.1 Å². The Morgan fingerprint density at radius 2 is 1.58 bits per heavy atom. The topological polar surface area (TPSA) is 26.0 Å². The molecule has 90 valence electrons. The number of hydrogen-bond donors (Lipinski definition) is 0. The first kappa shape index (κ1) is 10.3. The summed E-state index contributed by atoms with van der Waals surface area (Å²) in [4.78, 5) is 4.44. The highest BCUT2D eigenvalue weighted by Crippen LogP contribution is 2.35. The fraction of sp³-hybridized carbons (Fsp3) is 0. The predicted octanol–water partition coefficient (Wildman–Crippen LogP) is 4.65. The van der Waals surface area contributed by atoms with Gasteiger partial charge < -0.3 is 4.42 Å². The third-order valence-electron chi connectivity index (χ3n) is 3.34. The van der Waals surface area contributed by atoms with Crippen LogP contribution < -0.4 is 0 Å². The van der Waals surface area contributed by atoms with Gasteiger partial charge in [0.15, 0.2) is 0 Å². The van der Waals surface area contributed by atoms with E-state index in [0.717, 1.165) is 33.2 Å². The van der Waals surface area contributed by atoms with Gasteiger partial charge in [0, 0.05) is 22.5 Å². The molecule has 0 fully saturated rings. The van der Waals surface area contributed by atoms with Gasteiger partial charge in [-0.1, -0.05) is 36.4 Å². The van der Waals surface area contributed by atoms with Crippen LogP contribution in [0, 0.1) is 0 Å². The molecular weight excluding hydrogens is 234 g/mol. The van der Waals surface area contributed by atoms with Crippen molar-refractivity contribution < 1.29 is 4.42 Å². The van der Waals surface area contributed by atoms with Crippen molar-refractivity contribution in [3.05, 3.63) is 66.9 Å². The second-order valence-corrected chi connectivity index (χ2v) is 4.49. The highest BCUT2D eigenvalue weighted by molar-refractivity contribution is 6.11. The zero-order chi connectivity index (χ0) is 12.7. The Hall–Kier alpha value is -2.61. The Kier molecular flexibility index (Phi) is 2.15. The van der Waals surface area contributed by atoms with Gasteiger partial charge in [-0.15, -0.1) is 0 Å². The van der Waals surface area contributed by atoms with Crippen LogP contribution in [0.3, 0.4) is 0 Å². The molecule has 2 aromatic heterocycles. The van der Waals surface area contributed by atoms with Crippen molar-refractivity contribution in [2.24, 2.45) is 0 Å². The lowest BCUT2D eigenvalue weighted by atomic mass is 10.0. The van der Waals surface area contributed by atoms with Crippen molar-refractivity contribution in [3.8, 4) is 11.3 Å². The number of aromatic nitrogens is 1. The van der Waals surface area contributed by atoms with Gasteiger partial charge in [0.25, 0.3) is 0 Å². The highest BCUT2D eigenvalue weighted by Gasteiger charge is 2.11. The van der Waals surface area contributed by atoms with E-state index < -0.39 is 0 Å². The average Bonchev–Trinajstić information content (AvgIpc) is 2.86. The first-order valence-corrected chi connectivity index (χ1v) is 6.25. The number of nitrogens with zero attached hydrogens (tertiary/aromatic N) is 1. The summed E-state index contributed by atoms with van der Waals surface area (Å²) in [5, 5.41) is 2.27. The molecule has 0 aliphatic rings. The first-order valence-electron chi connectivity index (χ1n) is 6.25.